The number of hydrogen-bond donors (Lipinski definition) is 2. The molecule has 0 bridgehead atoms. The number of nitrogens with two attached hydrogens (primary N) is 1. The number of piperazine rings is 1. The summed E-state index contributed by atoms with van der Waals surface area (Å²) in [4.78, 5) is 37.0. The van der Waals surface area contributed by atoms with E-state index in [4.69, 9.17) is 15.9 Å². The summed E-state index contributed by atoms with van der Waals surface area (Å²) in [7, 11) is 0. The molecule has 1 unspecified atom stereocenters. The number of nitrogens with one attached hydrogen (secondary N) is 1. The smallest absolute Gasteiger partial charge is 0.379 e. The van der Waals surface area contributed by atoms with Crippen molar-refractivity contribution in [3.63, 3.8) is 0 Å². The van der Waals surface area contributed by atoms with Crippen LogP contribution >= 0.6 is 0 Å². The number of nitrogens with zero attached hydrogens (tertiary/aromatic N) is 5. The summed E-state index contributed by atoms with van der Waals surface area (Å²) in [5.41, 5.74) is 3.98. The van der Waals surface area contributed by atoms with Gasteiger partial charge in [0, 0.05) is 51.0 Å². The minimum atomic E-state index is -4.80. The minimum Gasteiger partial charge on any atom is -0.379 e. The van der Waals surface area contributed by atoms with E-state index in [0.717, 1.165) is 16.3 Å². The largest absolute Gasteiger partial charge is 0.418 e. The van der Waals surface area contributed by atoms with Crippen LogP contribution in [0.25, 0.3) is 0 Å². The standard InChI is InChI=1S/C25H34F3N7O3/c1-16(35-14-18(25(26,27)28)21(22(30)37)19(35)11-29)15-38-10-5-20(36)33-6-8-34(9-7-33)23-31-12-17(13-32-23)24(2,3)4/h11-14,16,29H,5-10,15H2,1-4H3,(H2,30,37). The molecule has 208 valence electrons. The maximum atomic E-state index is 13.4. The van der Waals surface area contributed by atoms with E-state index in [1.807, 2.05) is 17.3 Å². The van der Waals surface area contributed by atoms with E-state index in [9.17, 15) is 22.8 Å². The van der Waals surface area contributed by atoms with Gasteiger partial charge < -0.3 is 30.2 Å². The van der Waals surface area contributed by atoms with Gasteiger partial charge in [-0.25, -0.2) is 9.97 Å². The van der Waals surface area contributed by atoms with Crippen molar-refractivity contribution in [1.29, 1.82) is 5.41 Å². The van der Waals surface area contributed by atoms with Crippen LogP contribution < -0.4 is 10.6 Å². The summed E-state index contributed by atoms with van der Waals surface area (Å²) in [6.45, 7) is 10.2. The van der Waals surface area contributed by atoms with E-state index in [-0.39, 0.29) is 36.7 Å². The molecule has 10 nitrogen and oxygen atoms in total. The Kier molecular flexibility index (Phi) is 8.80. The molecule has 1 fully saturated rings. The minimum absolute atomic E-state index is 0.0199. The van der Waals surface area contributed by atoms with Crippen molar-refractivity contribution < 1.29 is 27.5 Å². The first-order valence-corrected chi connectivity index (χ1v) is 12.3. The fourth-order valence-corrected chi connectivity index (χ4v) is 4.20. The third-order valence-corrected chi connectivity index (χ3v) is 6.47. The lowest BCUT2D eigenvalue weighted by Gasteiger charge is -2.35. The molecule has 3 N–H and O–H groups in total. The molecule has 2 aromatic rings. The van der Waals surface area contributed by atoms with Crippen molar-refractivity contribution in [3.05, 3.63) is 41.0 Å². The van der Waals surface area contributed by atoms with E-state index in [1.54, 1.807) is 11.8 Å². The van der Waals surface area contributed by atoms with Gasteiger partial charge in [0.05, 0.1) is 42.5 Å². The molecular weight excluding hydrogens is 503 g/mol. The number of anilines is 1. The van der Waals surface area contributed by atoms with Gasteiger partial charge in [-0.05, 0) is 17.9 Å². The van der Waals surface area contributed by atoms with E-state index in [2.05, 4.69) is 30.7 Å². The van der Waals surface area contributed by atoms with Gasteiger partial charge in [-0.1, -0.05) is 20.8 Å². The number of rotatable bonds is 9. The molecule has 2 aromatic heterocycles. The fraction of sp³-hybridized carbons (Fsp3) is 0.560. The van der Waals surface area contributed by atoms with E-state index in [0.29, 0.717) is 38.3 Å². The number of halogens is 3. The van der Waals surface area contributed by atoms with Crippen molar-refractivity contribution in [2.45, 2.75) is 51.7 Å². The Bertz CT molecular complexity index is 1150. The first-order valence-electron chi connectivity index (χ1n) is 12.3. The predicted octanol–water partition coefficient (Wildman–Crippen LogP) is 3.01. The highest BCUT2D eigenvalue weighted by Gasteiger charge is 2.39. The third kappa shape index (κ3) is 6.69. The lowest BCUT2D eigenvalue weighted by molar-refractivity contribution is -0.138. The van der Waals surface area contributed by atoms with Gasteiger partial charge in [-0.3, -0.25) is 9.59 Å². The molecule has 3 heterocycles. The molecule has 2 amide bonds. The van der Waals surface area contributed by atoms with Gasteiger partial charge in [-0.2, -0.15) is 13.2 Å². The highest BCUT2D eigenvalue weighted by molar-refractivity contribution is 6.02. The summed E-state index contributed by atoms with van der Waals surface area (Å²) in [6, 6.07) is -0.635. The van der Waals surface area contributed by atoms with Gasteiger partial charge in [-0.15, -0.1) is 0 Å². The van der Waals surface area contributed by atoms with Crippen LogP contribution in [0.15, 0.2) is 18.6 Å². The van der Waals surface area contributed by atoms with Crippen LogP contribution in [-0.2, 0) is 21.1 Å². The molecular formula is C25H34F3N7O3. The lowest BCUT2D eigenvalue weighted by atomic mass is 9.89. The van der Waals surface area contributed by atoms with Crippen LogP contribution in [0.5, 0.6) is 0 Å². The molecule has 0 saturated carbocycles. The van der Waals surface area contributed by atoms with Gasteiger partial charge in [0.15, 0.2) is 0 Å². The fourth-order valence-electron chi connectivity index (χ4n) is 4.20. The number of amides is 2. The van der Waals surface area contributed by atoms with E-state index in [1.165, 1.54) is 0 Å². The zero-order chi connectivity index (χ0) is 28.3. The Balaban J connectivity index is 1.49. The Labute approximate surface area is 219 Å². The van der Waals surface area contributed by atoms with Gasteiger partial charge in [0.1, 0.15) is 0 Å². The molecule has 1 saturated heterocycles. The number of carbonyl (C=O) groups excluding carboxylic acids is 2. The molecule has 0 radical (unpaired) electrons. The van der Waals surface area contributed by atoms with Gasteiger partial charge in [0.2, 0.25) is 11.9 Å². The Morgan fingerprint density at radius 1 is 1.16 bits per heavy atom. The lowest BCUT2D eigenvalue weighted by Crippen LogP contribution is -2.49. The average Bonchev–Trinajstić information content (AvgIpc) is 3.27. The Morgan fingerprint density at radius 3 is 2.26 bits per heavy atom. The van der Waals surface area contributed by atoms with Crippen LogP contribution in [0.1, 0.15) is 67.3 Å². The maximum absolute atomic E-state index is 13.4. The van der Waals surface area contributed by atoms with E-state index >= 15 is 0 Å². The molecule has 3 rings (SSSR count). The Morgan fingerprint density at radius 2 is 1.76 bits per heavy atom. The summed E-state index contributed by atoms with van der Waals surface area (Å²) in [6.07, 6.45) is 0.406. The number of aromatic nitrogens is 3. The van der Waals surface area contributed by atoms with Crippen molar-refractivity contribution in [2.24, 2.45) is 5.73 Å². The average molecular weight is 538 g/mol. The van der Waals surface area contributed by atoms with Crippen LogP contribution in [0, 0.1) is 5.41 Å². The normalized spacial score (nSPS) is 15.4. The highest BCUT2D eigenvalue weighted by atomic mass is 19.4. The summed E-state index contributed by atoms with van der Waals surface area (Å²) in [5.74, 6) is -0.718. The van der Waals surface area contributed by atoms with Gasteiger partial charge >= 0.3 is 6.18 Å². The van der Waals surface area contributed by atoms with Crippen LogP contribution in [0.4, 0.5) is 19.1 Å². The number of carbonyl (C=O) groups is 2. The van der Waals surface area contributed by atoms with Crippen molar-refractivity contribution in [2.75, 3.05) is 44.3 Å². The first-order chi connectivity index (χ1) is 17.7. The summed E-state index contributed by atoms with van der Waals surface area (Å²) in [5, 5.41) is 7.49. The molecule has 0 aromatic carbocycles. The molecule has 38 heavy (non-hydrogen) atoms. The number of hydrogen-bond acceptors (Lipinski definition) is 7. The van der Waals surface area contributed by atoms with Gasteiger partial charge in [0.25, 0.3) is 5.91 Å². The van der Waals surface area contributed by atoms with Crippen molar-refractivity contribution in [3.8, 4) is 0 Å². The van der Waals surface area contributed by atoms with E-state index < -0.39 is 29.3 Å². The summed E-state index contributed by atoms with van der Waals surface area (Å²) >= 11 is 0. The zero-order valence-corrected chi connectivity index (χ0v) is 22.0. The summed E-state index contributed by atoms with van der Waals surface area (Å²) < 4.78 is 46.8. The quantitative estimate of drug-likeness (QED) is 0.374. The predicted molar refractivity (Wildman–Crippen MR) is 136 cm³/mol. The number of primary amides is 1. The monoisotopic (exact) mass is 537 g/mol. The van der Waals surface area contributed by atoms with Crippen molar-refractivity contribution in [1.82, 2.24) is 19.4 Å². The first kappa shape index (κ1) is 29.1. The number of ether oxygens (including phenoxy) is 1. The van der Waals surface area contributed by atoms with Crippen LogP contribution in [-0.4, -0.2) is 76.9 Å². The molecule has 13 heteroatoms. The molecule has 1 atom stereocenters. The molecule has 1 aliphatic heterocycles. The van der Waals surface area contributed by atoms with Crippen molar-refractivity contribution >= 4 is 24.0 Å². The van der Waals surface area contributed by atoms with Crippen LogP contribution in [0.3, 0.4) is 0 Å². The second-order valence-corrected chi connectivity index (χ2v) is 10.3. The second-order valence-electron chi connectivity index (χ2n) is 10.3. The van der Waals surface area contributed by atoms with Crippen LogP contribution in [0.2, 0.25) is 0 Å². The highest BCUT2D eigenvalue weighted by Crippen LogP contribution is 2.35. The number of alkyl halides is 3. The molecule has 0 spiro atoms. The zero-order valence-electron chi connectivity index (χ0n) is 22.0. The third-order valence-electron chi connectivity index (χ3n) is 6.47. The molecule has 0 aliphatic carbocycles. The second kappa shape index (κ2) is 11.5. The molecule has 1 aliphatic rings. The topological polar surface area (TPSA) is 130 Å². The SMILES string of the molecule is CC(COCCC(=O)N1CCN(c2ncc(C(C)(C)C)cn2)CC1)n1cc(C(F)(F)F)c(C(N)=O)c1C=N. The Hall–Kier alpha value is -3.48. The maximum Gasteiger partial charge on any atom is 0.418 e.